The average Bonchev–Trinajstić information content (AvgIpc) is 2.09. The van der Waals surface area contributed by atoms with Gasteiger partial charge in [-0.1, -0.05) is 12.3 Å². The first kappa shape index (κ1) is 11.2. The molecule has 0 aromatic heterocycles. The quantitative estimate of drug-likeness (QED) is 0.481. The van der Waals surface area contributed by atoms with E-state index in [4.69, 9.17) is 5.73 Å². The van der Waals surface area contributed by atoms with Gasteiger partial charge in [0.15, 0.2) is 0 Å². The molecule has 0 aromatic rings. The third-order valence-corrected chi connectivity index (χ3v) is 1.62. The number of Topliss-reactive ketones (excluding diaryl/α,β-unsaturated/α-hetero) is 1. The third kappa shape index (κ3) is 7.30. The number of rotatable bonds is 6. The van der Waals surface area contributed by atoms with Crippen LogP contribution in [0, 0.1) is 11.8 Å². The molecular weight excluding hydrogens is 150 g/mol. The summed E-state index contributed by atoms with van der Waals surface area (Å²) in [6.45, 7) is 2.48. The Morgan fingerprint density at radius 1 is 1.33 bits per heavy atom. The predicted octanol–water partition coefficient (Wildman–Crippen LogP) is 1.49. The highest BCUT2D eigenvalue weighted by molar-refractivity contribution is 5.80. The second-order valence-electron chi connectivity index (χ2n) is 2.74. The molecule has 0 unspecified atom stereocenters. The van der Waals surface area contributed by atoms with E-state index >= 15 is 0 Å². The second kappa shape index (κ2) is 8.29. The smallest absolute Gasteiger partial charge is 0.144 e. The molecule has 2 heteroatoms. The van der Waals surface area contributed by atoms with E-state index in [0.717, 1.165) is 25.8 Å². The van der Waals surface area contributed by atoms with Crippen LogP contribution in [0.15, 0.2) is 0 Å². The number of nitrogens with two attached hydrogens (primary N) is 1. The minimum Gasteiger partial charge on any atom is -0.330 e. The fraction of sp³-hybridized carbons (Fsp3) is 0.700. The Balaban J connectivity index is 3.24. The molecule has 2 nitrogen and oxygen atoms in total. The van der Waals surface area contributed by atoms with Crippen LogP contribution in [-0.2, 0) is 4.79 Å². The Bertz CT molecular complexity index is 176. The lowest BCUT2D eigenvalue weighted by atomic mass is 10.1. The molecule has 0 bridgehead atoms. The summed E-state index contributed by atoms with van der Waals surface area (Å²) in [4.78, 5) is 11.0. The summed E-state index contributed by atoms with van der Waals surface area (Å²) in [6.07, 6.45) is 4.11. The lowest BCUT2D eigenvalue weighted by Gasteiger charge is -1.96. The molecule has 0 saturated carbocycles. The van der Waals surface area contributed by atoms with Crippen molar-refractivity contribution in [3.8, 4) is 11.8 Å². The van der Waals surface area contributed by atoms with Crippen molar-refractivity contribution in [3.63, 3.8) is 0 Å². The van der Waals surface area contributed by atoms with Gasteiger partial charge in [-0.05, 0) is 26.3 Å². The van der Waals surface area contributed by atoms with Gasteiger partial charge in [-0.3, -0.25) is 4.79 Å². The molecule has 0 radical (unpaired) electrons. The molecular formula is C10H17NO. The molecule has 68 valence electrons. The first-order valence-electron chi connectivity index (χ1n) is 4.42. The highest BCUT2D eigenvalue weighted by Gasteiger charge is 1.97. The molecule has 12 heavy (non-hydrogen) atoms. The van der Waals surface area contributed by atoms with Gasteiger partial charge >= 0.3 is 0 Å². The van der Waals surface area contributed by atoms with Crippen LogP contribution in [0.4, 0.5) is 0 Å². The summed E-state index contributed by atoms with van der Waals surface area (Å²) in [5.41, 5.74) is 5.32. The van der Waals surface area contributed by atoms with E-state index in [1.807, 2.05) is 0 Å². The van der Waals surface area contributed by atoms with Crippen LogP contribution in [-0.4, -0.2) is 12.3 Å². The zero-order valence-electron chi connectivity index (χ0n) is 7.73. The highest BCUT2D eigenvalue weighted by Crippen LogP contribution is 2.00. The fourth-order valence-electron chi connectivity index (χ4n) is 0.919. The molecule has 0 aliphatic carbocycles. The van der Waals surface area contributed by atoms with Gasteiger partial charge in [0.05, 0.1) is 6.42 Å². The van der Waals surface area contributed by atoms with Gasteiger partial charge < -0.3 is 5.73 Å². The fourth-order valence-corrected chi connectivity index (χ4v) is 0.919. The number of carbonyl (C=O) groups excluding carboxylic acids is 1. The molecule has 0 heterocycles. The third-order valence-electron chi connectivity index (χ3n) is 1.62. The summed E-state index contributed by atoms with van der Waals surface area (Å²) in [5.74, 6) is 5.73. The van der Waals surface area contributed by atoms with Gasteiger partial charge in [-0.15, -0.1) is 5.92 Å². The van der Waals surface area contributed by atoms with E-state index in [1.165, 1.54) is 0 Å². The highest BCUT2D eigenvalue weighted by atomic mass is 16.1. The summed E-state index contributed by atoms with van der Waals surface area (Å²) < 4.78 is 0. The standard InChI is InChI=1S/C10H17NO/c1-2-3-7-10(12)8-5-4-6-9-11/h4-9,11H2,1H3. The molecule has 0 spiro atoms. The molecule has 0 aliphatic rings. The first-order valence-corrected chi connectivity index (χ1v) is 4.42. The van der Waals surface area contributed by atoms with E-state index in [-0.39, 0.29) is 5.78 Å². The average molecular weight is 167 g/mol. The van der Waals surface area contributed by atoms with Crippen LogP contribution in [0.2, 0.25) is 0 Å². The summed E-state index contributed by atoms with van der Waals surface area (Å²) >= 11 is 0. The van der Waals surface area contributed by atoms with E-state index in [9.17, 15) is 4.79 Å². The van der Waals surface area contributed by atoms with Crippen LogP contribution in [0.25, 0.3) is 0 Å². The van der Waals surface area contributed by atoms with Crippen LogP contribution >= 0.6 is 0 Å². The van der Waals surface area contributed by atoms with Crippen LogP contribution < -0.4 is 5.73 Å². The van der Waals surface area contributed by atoms with Crippen molar-refractivity contribution < 1.29 is 4.79 Å². The predicted molar refractivity (Wildman–Crippen MR) is 50.6 cm³/mol. The molecule has 0 aromatic carbocycles. The first-order chi connectivity index (χ1) is 5.81. The molecule has 0 aliphatic heterocycles. The maximum Gasteiger partial charge on any atom is 0.144 e. The van der Waals surface area contributed by atoms with E-state index in [2.05, 4.69) is 11.8 Å². The van der Waals surface area contributed by atoms with Crippen molar-refractivity contribution in [3.05, 3.63) is 0 Å². The Morgan fingerprint density at radius 3 is 2.67 bits per heavy atom. The molecule has 0 fully saturated rings. The monoisotopic (exact) mass is 167 g/mol. The van der Waals surface area contributed by atoms with Crippen LogP contribution in [0.1, 0.15) is 39.0 Å². The minimum absolute atomic E-state index is 0.251. The second-order valence-corrected chi connectivity index (χ2v) is 2.74. The zero-order valence-corrected chi connectivity index (χ0v) is 7.73. The number of unbranched alkanes of at least 4 members (excludes halogenated alkanes) is 2. The van der Waals surface area contributed by atoms with Gasteiger partial charge in [-0.25, -0.2) is 0 Å². The molecule has 0 amide bonds. The van der Waals surface area contributed by atoms with Crippen molar-refractivity contribution in [2.75, 3.05) is 6.54 Å². The summed E-state index contributed by atoms with van der Waals surface area (Å²) in [7, 11) is 0. The van der Waals surface area contributed by atoms with Crippen molar-refractivity contribution in [1.29, 1.82) is 0 Å². The maximum absolute atomic E-state index is 11.0. The molecule has 0 saturated heterocycles. The Labute approximate surface area is 74.5 Å². The number of hydrogen-bond donors (Lipinski definition) is 1. The van der Waals surface area contributed by atoms with Gasteiger partial charge in [0, 0.05) is 6.42 Å². The van der Waals surface area contributed by atoms with E-state index in [0.29, 0.717) is 12.8 Å². The van der Waals surface area contributed by atoms with Gasteiger partial charge in [0.25, 0.3) is 0 Å². The normalized spacial score (nSPS) is 8.83. The SMILES string of the molecule is CC#CCC(=O)CCCCCN. The van der Waals surface area contributed by atoms with Gasteiger partial charge in [-0.2, -0.15) is 0 Å². The topological polar surface area (TPSA) is 43.1 Å². The Hall–Kier alpha value is -0.810. The van der Waals surface area contributed by atoms with Gasteiger partial charge in [0.2, 0.25) is 0 Å². The van der Waals surface area contributed by atoms with Crippen molar-refractivity contribution >= 4 is 5.78 Å². The molecule has 0 atom stereocenters. The summed E-state index contributed by atoms with van der Waals surface area (Å²) in [5, 5.41) is 0. The summed E-state index contributed by atoms with van der Waals surface area (Å²) in [6, 6.07) is 0. The Kier molecular flexibility index (Phi) is 7.73. The zero-order chi connectivity index (χ0) is 9.23. The van der Waals surface area contributed by atoms with Crippen molar-refractivity contribution in [2.24, 2.45) is 5.73 Å². The minimum atomic E-state index is 0.251. The van der Waals surface area contributed by atoms with Crippen molar-refractivity contribution in [2.45, 2.75) is 39.0 Å². The number of ketones is 1. The maximum atomic E-state index is 11.0. The van der Waals surface area contributed by atoms with Crippen LogP contribution in [0.3, 0.4) is 0 Å². The molecule has 2 N–H and O–H groups in total. The lowest BCUT2D eigenvalue weighted by Crippen LogP contribution is -2.00. The number of hydrogen-bond acceptors (Lipinski definition) is 2. The van der Waals surface area contributed by atoms with E-state index < -0.39 is 0 Å². The largest absolute Gasteiger partial charge is 0.330 e. The van der Waals surface area contributed by atoms with Gasteiger partial charge in [0.1, 0.15) is 5.78 Å². The Morgan fingerprint density at radius 2 is 2.08 bits per heavy atom. The van der Waals surface area contributed by atoms with E-state index in [1.54, 1.807) is 6.92 Å². The van der Waals surface area contributed by atoms with Crippen LogP contribution in [0.5, 0.6) is 0 Å². The van der Waals surface area contributed by atoms with Crippen molar-refractivity contribution in [1.82, 2.24) is 0 Å². The number of carbonyl (C=O) groups is 1. The lowest BCUT2D eigenvalue weighted by molar-refractivity contribution is -0.118. The molecule has 0 rings (SSSR count).